The average molecular weight is 286 g/mol. The molecule has 0 amide bonds. The van der Waals surface area contributed by atoms with E-state index in [2.05, 4.69) is 0 Å². The zero-order valence-electron chi connectivity index (χ0n) is 10.6. The molecular weight excluding hydrogens is 275 g/mol. The fourth-order valence-electron chi connectivity index (χ4n) is 1.62. The Labute approximate surface area is 153 Å². The zero-order chi connectivity index (χ0) is 13.0. The summed E-state index contributed by atoms with van der Waals surface area (Å²) in [7, 11) is 0. The van der Waals surface area contributed by atoms with Gasteiger partial charge >= 0.3 is 58.4 Å². The van der Waals surface area contributed by atoms with Crippen LogP contribution in [0.15, 0.2) is 54.6 Å². The molecule has 0 nitrogen and oxygen atoms in total. The molecule has 0 aliphatic rings. The van der Waals surface area contributed by atoms with Gasteiger partial charge < -0.3 is 12.9 Å². The van der Waals surface area contributed by atoms with E-state index in [0.717, 1.165) is 11.6 Å². The Morgan fingerprint density at radius 3 is 1.95 bits per heavy atom. The number of hydrogen-bond acceptors (Lipinski definition) is 0. The normalized spacial score (nSPS) is 11.3. The quantitative estimate of drug-likeness (QED) is 0.581. The maximum Gasteiger partial charge on any atom is 1.00 e. The van der Waals surface area contributed by atoms with Gasteiger partial charge in [0.05, 0.1) is 0 Å². The van der Waals surface area contributed by atoms with Gasteiger partial charge in [0.25, 0.3) is 0 Å². The molecule has 2 rings (SSSR count). The summed E-state index contributed by atoms with van der Waals surface area (Å²) >= 11 is 0. The molecule has 19 heavy (non-hydrogen) atoms. The van der Waals surface area contributed by atoms with Gasteiger partial charge in [0.2, 0.25) is 0 Å². The summed E-state index contributed by atoms with van der Waals surface area (Å²) in [5, 5.41) is 0. The molecule has 92 valence electrons. The molecule has 0 unspecified atom stereocenters. The van der Waals surface area contributed by atoms with Crippen LogP contribution in [0.3, 0.4) is 0 Å². The molecule has 0 saturated heterocycles. The van der Waals surface area contributed by atoms with Crippen LogP contribution in [0.4, 0.5) is 12.9 Å². The van der Waals surface area contributed by atoms with Gasteiger partial charge in [-0.2, -0.15) is 0 Å². The Morgan fingerprint density at radius 1 is 0.737 bits per heavy atom. The van der Waals surface area contributed by atoms with Gasteiger partial charge in [-0.05, 0) is 11.1 Å². The van der Waals surface area contributed by atoms with Crippen LogP contribution < -0.4 is 56.8 Å². The molecule has 0 saturated carbocycles. The second kappa shape index (κ2) is 7.45. The summed E-state index contributed by atoms with van der Waals surface area (Å²) in [6, 6.07) is 14.8. The van der Waals surface area contributed by atoms with Gasteiger partial charge in [-0.15, -0.1) is 5.46 Å². The van der Waals surface area contributed by atoms with Gasteiger partial charge in [0.1, 0.15) is 0 Å². The van der Waals surface area contributed by atoms with Gasteiger partial charge in [-0.25, -0.2) is 0 Å². The zero-order valence-corrected chi connectivity index (χ0v) is 13.7. The fraction of sp³-hybridized carbons (Fsp3) is 0. The standard InChI is InChI=1S/C14H11BF3.K/c16-15(17,18)14-8-4-7-13(11-14)10-9-12-5-2-1-3-6-12;/h1-11H;/q-1;+1/b10-9+;. The van der Waals surface area contributed by atoms with Crippen LogP contribution in [0.1, 0.15) is 11.1 Å². The van der Waals surface area contributed by atoms with Crippen molar-refractivity contribution in [2.75, 3.05) is 0 Å². The van der Waals surface area contributed by atoms with E-state index in [0.29, 0.717) is 5.56 Å². The molecule has 2 aromatic carbocycles. The monoisotopic (exact) mass is 286 g/mol. The predicted molar refractivity (Wildman–Crippen MR) is 70.5 cm³/mol. The Morgan fingerprint density at radius 2 is 1.32 bits per heavy atom. The minimum Gasteiger partial charge on any atom is -0.445 e. The predicted octanol–water partition coefficient (Wildman–Crippen LogP) is 0.915. The second-order valence-electron chi connectivity index (χ2n) is 3.99. The molecule has 5 heteroatoms. The van der Waals surface area contributed by atoms with E-state index < -0.39 is 12.4 Å². The number of rotatable bonds is 3. The maximum atomic E-state index is 12.6. The summed E-state index contributed by atoms with van der Waals surface area (Å²) in [6.45, 7) is -4.93. The van der Waals surface area contributed by atoms with E-state index in [9.17, 15) is 12.9 Å². The van der Waals surface area contributed by atoms with Crippen LogP contribution in [0.25, 0.3) is 12.2 Å². The first kappa shape index (κ1) is 16.7. The molecule has 0 spiro atoms. The van der Waals surface area contributed by atoms with E-state index >= 15 is 0 Å². The smallest absolute Gasteiger partial charge is 0.445 e. The van der Waals surface area contributed by atoms with Crippen molar-refractivity contribution < 1.29 is 64.3 Å². The van der Waals surface area contributed by atoms with Crippen molar-refractivity contribution in [2.24, 2.45) is 0 Å². The molecule has 0 N–H and O–H groups in total. The van der Waals surface area contributed by atoms with Crippen LogP contribution >= 0.6 is 0 Å². The van der Waals surface area contributed by atoms with Gasteiger partial charge in [-0.3, -0.25) is 0 Å². The van der Waals surface area contributed by atoms with Crippen molar-refractivity contribution in [1.82, 2.24) is 0 Å². The number of halogens is 3. The van der Waals surface area contributed by atoms with Crippen molar-refractivity contribution in [3.8, 4) is 0 Å². The van der Waals surface area contributed by atoms with E-state index in [-0.39, 0.29) is 51.4 Å². The van der Waals surface area contributed by atoms with E-state index in [4.69, 9.17) is 0 Å². The van der Waals surface area contributed by atoms with Crippen molar-refractivity contribution in [3.05, 3.63) is 65.7 Å². The summed E-state index contributed by atoms with van der Waals surface area (Å²) < 4.78 is 37.7. The Balaban J connectivity index is 0.00000180. The number of benzene rings is 2. The average Bonchev–Trinajstić information content (AvgIpc) is 2.37. The third-order valence-corrected chi connectivity index (χ3v) is 2.56. The molecule has 0 atom stereocenters. The summed E-state index contributed by atoms with van der Waals surface area (Å²) in [6.07, 6.45) is 3.48. The summed E-state index contributed by atoms with van der Waals surface area (Å²) in [5.74, 6) is 0. The fourth-order valence-corrected chi connectivity index (χ4v) is 1.62. The SMILES string of the molecule is F[B-](F)(F)c1cccc(/C=C/c2ccccc2)c1.[K+]. The molecule has 0 fully saturated rings. The van der Waals surface area contributed by atoms with E-state index in [1.807, 2.05) is 30.3 Å². The third-order valence-electron chi connectivity index (χ3n) is 2.56. The molecule has 0 radical (unpaired) electrons. The number of hydrogen-bond donors (Lipinski definition) is 0. The van der Waals surface area contributed by atoms with Crippen molar-refractivity contribution in [3.63, 3.8) is 0 Å². The second-order valence-corrected chi connectivity index (χ2v) is 3.99. The molecule has 0 aromatic heterocycles. The van der Waals surface area contributed by atoms with Crippen LogP contribution in [-0.4, -0.2) is 6.98 Å². The Kier molecular flexibility index (Phi) is 6.56. The van der Waals surface area contributed by atoms with Gasteiger partial charge in [-0.1, -0.05) is 66.7 Å². The molecule has 2 aromatic rings. The Bertz CT molecular complexity index is 550. The van der Waals surface area contributed by atoms with E-state index in [1.54, 1.807) is 18.2 Å². The molecule has 0 bridgehead atoms. The van der Waals surface area contributed by atoms with E-state index in [1.165, 1.54) is 12.1 Å². The van der Waals surface area contributed by atoms with Crippen LogP contribution in [0.2, 0.25) is 0 Å². The van der Waals surface area contributed by atoms with Crippen molar-refractivity contribution >= 4 is 24.6 Å². The topological polar surface area (TPSA) is 0 Å². The van der Waals surface area contributed by atoms with Crippen molar-refractivity contribution in [2.45, 2.75) is 0 Å². The van der Waals surface area contributed by atoms with Crippen LogP contribution in [0, 0.1) is 0 Å². The van der Waals surface area contributed by atoms with Gasteiger partial charge in [0.15, 0.2) is 0 Å². The minimum absolute atomic E-state index is 0. The molecular formula is C14H11BF3K. The summed E-state index contributed by atoms with van der Waals surface area (Å²) in [4.78, 5) is 0. The first-order chi connectivity index (χ1) is 8.55. The van der Waals surface area contributed by atoms with Gasteiger partial charge in [0, 0.05) is 0 Å². The summed E-state index contributed by atoms with van der Waals surface area (Å²) in [5.41, 5.74) is 0.946. The Hall–Kier alpha value is -0.329. The first-order valence-electron chi connectivity index (χ1n) is 5.59. The molecule has 0 aliphatic carbocycles. The molecule has 0 heterocycles. The largest absolute Gasteiger partial charge is 1.00 e. The van der Waals surface area contributed by atoms with Crippen LogP contribution in [0.5, 0.6) is 0 Å². The third kappa shape index (κ3) is 5.28. The molecule has 0 aliphatic heterocycles. The minimum atomic E-state index is -4.93. The maximum absolute atomic E-state index is 12.6. The van der Waals surface area contributed by atoms with Crippen LogP contribution in [-0.2, 0) is 0 Å². The van der Waals surface area contributed by atoms with Crippen molar-refractivity contribution in [1.29, 1.82) is 0 Å². The first-order valence-corrected chi connectivity index (χ1v) is 5.59.